The normalized spacial score (nSPS) is 16.1. The van der Waals surface area contributed by atoms with E-state index in [0.29, 0.717) is 47.2 Å². The molecule has 42 heavy (non-hydrogen) atoms. The monoisotopic (exact) mass is 610 g/mol. The fourth-order valence-electron chi connectivity index (χ4n) is 4.79. The number of anilines is 2. The first kappa shape index (κ1) is 28.4. The number of hydrogen-bond donors (Lipinski definition) is 2. The molecule has 12 nitrogen and oxygen atoms in total. The molecule has 0 atom stereocenters. The molecular weight excluding hydrogens is 576 g/mol. The average Bonchev–Trinajstić information content (AvgIpc) is 3.27. The number of hydrogen-bond acceptors (Lipinski definition) is 9. The first-order valence-corrected chi connectivity index (χ1v) is 16.1. The van der Waals surface area contributed by atoms with E-state index in [1.165, 1.54) is 0 Å². The van der Waals surface area contributed by atoms with E-state index in [-0.39, 0.29) is 16.3 Å². The number of nitrogens with one attached hydrogen (secondary N) is 2. The van der Waals surface area contributed by atoms with E-state index in [1.54, 1.807) is 28.9 Å². The maximum atomic E-state index is 13.0. The van der Waals surface area contributed by atoms with E-state index >= 15 is 0 Å². The molecule has 0 saturated heterocycles. The minimum atomic E-state index is -3.60. The number of ether oxygens (including phenoxy) is 1. The number of nitrogens with zero attached hydrogens (tertiary/aromatic N) is 6. The van der Waals surface area contributed by atoms with E-state index in [0.717, 1.165) is 41.0 Å². The van der Waals surface area contributed by atoms with Crippen LogP contribution >= 0.6 is 11.3 Å². The van der Waals surface area contributed by atoms with Crippen LogP contribution in [0.2, 0.25) is 0 Å². The van der Waals surface area contributed by atoms with Crippen molar-refractivity contribution in [2.75, 3.05) is 18.4 Å². The number of rotatable bonds is 7. The van der Waals surface area contributed by atoms with Gasteiger partial charge in [0.2, 0.25) is 0 Å². The van der Waals surface area contributed by atoms with Crippen molar-refractivity contribution in [3.63, 3.8) is 0 Å². The van der Waals surface area contributed by atoms with Gasteiger partial charge in [-0.25, -0.2) is 27.9 Å². The number of amides is 1. The highest BCUT2D eigenvalue weighted by Crippen LogP contribution is 2.36. The lowest BCUT2D eigenvalue weighted by Gasteiger charge is -2.30. The molecule has 2 N–H and O–H groups in total. The molecule has 4 aromatic heterocycles. The molecule has 1 amide bonds. The highest BCUT2D eigenvalue weighted by Gasteiger charge is 2.31. The summed E-state index contributed by atoms with van der Waals surface area (Å²) in [7, 11) is -1.75. The number of thiophene rings is 1. The number of carbonyl (C=O) groups is 1. The topological polar surface area (TPSA) is 136 Å². The second-order valence-electron chi connectivity index (χ2n) is 11.7. The van der Waals surface area contributed by atoms with Gasteiger partial charge in [-0.05, 0) is 64.2 Å². The molecule has 222 valence electrons. The number of aryl methyl sites for hydroxylation is 2. The zero-order valence-electron chi connectivity index (χ0n) is 24.2. The van der Waals surface area contributed by atoms with Crippen molar-refractivity contribution < 1.29 is 17.9 Å². The van der Waals surface area contributed by atoms with Gasteiger partial charge in [-0.1, -0.05) is 6.08 Å². The van der Waals surface area contributed by atoms with Gasteiger partial charge < -0.3 is 15.0 Å². The van der Waals surface area contributed by atoms with E-state index in [9.17, 15) is 13.2 Å². The van der Waals surface area contributed by atoms with Gasteiger partial charge in [0, 0.05) is 37.6 Å². The Kier molecular flexibility index (Phi) is 7.10. The molecule has 1 saturated carbocycles. The van der Waals surface area contributed by atoms with Crippen LogP contribution in [0.25, 0.3) is 22.5 Å². The molecular formula is C28H34N8O4S2. The van der Waals surface area contributed by atoms with Gasteiger partial charge in [0.25, 0.3) is 10.0 Å². The minimum Gasteiger partial charge on any atom is -0.444 e. The Morgan fingerprint density at radius 3 is 2.67 bits per heavy atom. The van der Waals surface area contributed by atoms with E-state index in [2.05, 4.69) is 26.2 Å². The van der Waals surface area contributed by atoms with Crippen LogP contribution in [-0.4, -0.2) is 68.3 Å². The smallest absolute Gasteiger partial charge is 0.410 e. The number of imidazole rings is 1. The third-order valence-corrected chi connectivity index (χ3v) is 10.2. The van der Waals surface area contributed by atoms with Crippen molar-refractivity contribution >= 4 is 49.5 Å². The Morgan fingerprint density at radius 1 is 1.19 bits per heavy atom. The van der Waals surface area contributed by atoms with Gasteiger partial charge in [0.05, 0.1) is 35.3 Å². The van der Waals surface area contributed by atoms with Gasteiger partial charge in [-0.2, -0.15) is 5.10 Å². The molecule has 5 heterocycles. The van der Waals surface area contributed by atoms with Gasteiger partial charge in [-0.3, -0.25) is 9.08 Å². The largest absolute Gasteiger partial charge is 0.444 e. The SMILES string of the molecule is Cc1cc(Nc2nc(C3=CCCN(C(=O)OC(C)(C)C)C3)cn3c(-c4cnn(C)c4)cnc23)sc1S(=O)(=O)NC1CC1. The van der Waals surface area contributed by atoms with Gasteiger partial charge >= 0.3 is 6.09 Å². The standard InChI is InChI=1S/C28H34N8O4S2/c1-17-11-23(41-26(17)42(38,39)33-20-8-9-20)32-24-25-29-13-22(19-12-30-34(5)14-19)36(25)16-21(31-24)18-7-6-10-35(15-18)27(37)40-28(2,3)4/h7,11-14,16,20,33H,6,8-10,15H2,1-5H3,(H,31,32). The predicted molar refractivity (Wildman–Crippen MR) is 161 cm³/mol. The summed E-state index contributed by atoms with van der Waals surface area (Å²) in [5.41, 5.74) is 3.88. The molecule has 1 aliphatic carbocycles. The lowest BCUT2D eigenvalue weighted by Crippen LogP contribution is -2.39. The molecule has 4 aromatic rings. The van der Waals surface area contributed by atoms with Crippen molar-refractivity contribution in [1.82, 2.24) is 33.8 Å². The number of sulfonamides is 1. The summed E-state index contributed by atoms with van der Waals surface area (Å²) < 4.78 is 38.3. The second kappa shape index (κ2) is 10.5. The third-order valence-electron chi connectivity index (χ3n) is 6.88. The van der Waals surface area contributed by atoms with Crippen LogP contribution in [-0.2, 0) is 21.8 Å². The zero-order chi connectivity index (χ0) is 29.8. The first-order chi connectivity index (χ1) is 19.9. The van der Waals surface area contributed by atoms with E-state index in [1.807, 2.05) is 50.7 Å². The lowest BCUT2D eigenvalue weighted by molar-refractivity contribution is 0.0273. The van der Waals surface area contributed by atoms with Crippen LogP contribution in [0.3, 0.4) is 0 Å². The van der Waals surface area contributed by atoms with Gasteiger partial charge in [0.1, 0.15) is 9.81 Å². The van der Waals surface area contributed by atoms with Crippen LogP contribution in [0.15, 0.2) is 41.1 Å². The van der Waals surface area contributed by atoms with Crippen LogP contribution in [0.1, 0.15) is 51.3 Å². The highest BCUT2D eigenvalue weighted by molar-refractivity contribution is 7.91. The minimum absolute atomic E-state index is 0.0192. The maximum absolute atomic E-state index is 13.0. The van der Waals surface area contributed by atoms with Crippen LogP contribution in [0, 0.1) is 6.92 Å². The van der Waals surface area contributed by atoms with Gasteiger partial charge in [-0.15, -0.1) is 11.3 Å². The second-order valence-corrected chi connectivity index (χ2v) is 14.7. The number of fused-ring (bicyclic) bond motifs is 1. The van der Waals surface area contributed by atoms with Crippen molar-refractivity contribution in [3.8, 4) is 11.3 Å². The Bertz CT molecular complexity index is 1810. The predicted octanol–water partition coefficient (Wildman–Crippen LogP) is 4.71. The quantitative estimate of drug-likeness (QED) is 0.307. The Labute approximate surface area is 248 Å². The van der Waals surface area contributed by atoms with E-state index < -0.39 is 15.6 Å². The Hall–Kier alpha value is -3.75. The summed E-state index contributed by atoms with van der Waals surface area (Å²) in [5, 5.41) is 8.29. The average molecular weight is 611 g/mol. The maximum Gasteiger partial charge on any atom is 0.410 e. The number of aromatic nitrogens is 5. The molecule has 0 radical (unpaired) electrons. The molecule has 2 aliphatic rings. The highest BCUT2D eigenvalue weighted by atomic mass is 32.2. The van der Waals surface area contributed by atoms with Crippen molar-refractivity contribution in [3.05, 3.63) is 48.2 Å². The fraction of sp³-hybridized carbons (Fsp3) is 0.429. The number of carbonyl (C=O) groups excluding carboxylic acids is 1. The molecule has 14 heteroatoms. The summed E-state index contributed by atoms with van der Waals surface area (Å²) >= 11 is 1.16. The Balaban J connectivity index is 1.38. The molecule has 0 bridgehead atoms. The van der Waals surface area contributed by atoms with Gasteiger partial charge in [0.15, 0.2) is 11.5 Å². The van der Waals surface area contributed by atoms with E-state index in [4.69, 9.17) is 9.72 Å². The van der Waals surface area contributed by atoms with Crippen LogP contribution < -0.4 is 10.0 Å². The fourth-order valence-corrected chi connectivity index (χ4v) is 7.71. The zero-order valence-corrected chi connectivity index (χ0v) is 25.8. The van der Waals surface area contributed by atoms with Crippen molar-refractivity contribution in [2.24, 2.45) is 7.05 Å². The summed E-state index contributed by atoms with van der Waals surface area (Å²) in [6.07, 6.45) is 11.5. The summed E-state index contributed by atoms with van der Waals surface area (Å²) in [6, 6.07) is 1.83. The first-order valence-electron chi connectivity index (χ1n) is 13.8. The summed E-state index contributed by atoms with van der Waals surface area (Å²) in [4.78, 5) is 24.2. The van der Waals surface area contributed by atoms with Crippen molar-refractivity contribution in [2.45, 2.75) is 62.8 Å². The lowest BCUT2D eigenvalue weighted by atomic mass is 10.1. The Morgan fingerprint density at radius 2 is 1.98 bits per heavy atom. The third kappa shape index (κ3) is 5.92. The molecule has 0 aromatic carbocycles. The molecule has 0 spiro atoms. The summed E-state index contributed by atoms with van der Waals surface area (Å²) in [6.45, 7) is 8.24. The molecule has 1 fully saturated rings. The van der Waals surface area contributed by atoms with Crippen molar-refractivity contribution in [1.29, 1.82) is 0 Å². The molecule has 1 aliphatic heterocycles. The van der Waals surface area contributed by atoms with Crippen LogP contribution in [0.5, 0.6) is 0 Å². The molecule has 0 unspecified atom stereocenters. The summed E-state index contributed by atoms with van der Waals surface area (Å²) in [5.74, 6) is 0.471. The molecule has 6 rings (SSSR count). The van der Waals surface area contributed by atoms with Crippen LogP contribution in [0.4, 0.5) is 15.6 Å².